The van der Waals surface area contributed by atoms with Crippen molar-refractivity contribution in [3.05, 3.63) is 63.7 Å². The van der Waals surface area contributed by atoms with E-state index in [2.05, 4.69) is 0 Å². The van der Waals surface area contributed by atoms with Crippen LogP contribution in [-0.2, 0) is 10.4 Å². The number of rotatable bonds is 2. The first kappa shape index (κ1) is 13.0. The fourth-order valence-electron chi connectivity index (χ4n) is 2.26. The van der Waals surface area contributed by atoms with Crippen LogP contribution in [0.15, 0.2) is 42.5 Å². The molecule has 3 rings (SSSR count). The van der Waals surface area contributed by atoms with Gasteiger partial charge in [0.1, 0.15) is 0 Å². The zero-order chi connectivity index (χ0) is 14.3. The number of hydrogen-bond acceptors (Lipinski definition) is 3. The van der Waals surface area contributed by atoms with E-state index in [9.17, 15) is 13.9 Å². The van der Waals surface area contributed by atoms with Gasteiger partial charge in [0.25, 0.3) is 0 Å². The second kappa shape index (κ2) is 4.81. The second-order valence-corrected chi connectivity index (χ2v) is 7.47. The van der Waals surface area contributed by atoms with E-state index in [-0.39, 0.29) is 5.69 Å². The molecule has 0 saturated heterocycles. The van der Waals surface area contributed by atoms with Crippen molar-refractivity contribution in [3.8, 4) is 0 Å². The zero-order valence-corrected chi connectivity index (χ0v) is 12.5. The van der Waals surface area contributed by atoms with Gasteiger partial charge in [-0.25, -0.2) is 0 Å². The zero-order valence-electron chi connectivity index (χ0n) is 10.8. The molecule has 20 heavy (non-hydrogen) atoms. The minimum atomic E-state index is -2.61. The van der Waals surface area contributed by atoms with Gasteiger partial charge in [0.05, 0.1) is 0 Å². The van der Waals surface area contributed by atoms with Crippen LogP contribution in [0.25, 0.3) is 0 Å². The van der Waals surface area contributed by atoms with Crippen LogP contribution in [-0.4, -0.2) is 19.0 Å². The van der Waals surface area contributed by atoms with Crippen molar-refractivity contribution >= 4 is 29.9 Å². The number of anilines is 1. The van der Waals surface area contributed by atoms with Crippen LogP contribution in [0.3, 0.4) is 0 Å². The van der Waals surface area contributed by atoms with Gasteiger partial charge in [-0.2, -0.15) is 0 Å². The molecule has 102 valence electrons. The van der Waals surface area contributed by atoms with Gasteiger partial charge in [0.2, 0.25) is 0 Å². The molecule has 0 spiro atoms. The Kier molecular flexibility index (Phi) is 3.12. The third-order valence-electron chi connectivity index (χ3n) is 3.28. The Morgan fingerprint density at radius 1 is 1.20 bits per heavy atom. The van der Waals surface area contributed by atoms with Gasteiger partial charge in [0, 0.05) is 0 Å². The molecule has 0 amide bonds. The van der Waals surface area contributed by atoms with Crippen molar-refractivity contribution < 1.29 is 8.76 Å². The summed E-state index contributed by atoms with van der Waals surface area (Å²) in [6, 6.07) is 12.6. The summed E-state index contributed by atoms with van der Waals surface area (Å²) in [6.07, 6.45) is 0. The Morgan fingerprint density at radius 3 is 2.55 bits per heavy atom. The normalized spacial score (nSPS) is 17.1. The van der Waals surface area contributed by atoms with Gasteiger partial charge in [-0.15, -0.1) is 0 Å². The van der Waals surface area contributed by atoms with E-state index in [0.29, 0.717) is 11.0 Å². The molecule has 0 aromatic heterocycles. The van der Waals surface area contributed by atoms with E-state index in [0.717, 1.165) is 16.8 Å². The number of nitro groups is 1. The Balaban J connectivity index is 2.05. The molecule has 1 heterocycles. The van der Waals surface area contributed by atoms with Crippen LogP contribution < -0.4 is 8.38 Å². The van der Waals surface area contributed by atoms with Gasteiger partial charge in [0.15, 0.2) is 0 Å². The Bertz CT molecular complexity index is 713. The molecule has 0 saturated carbocycles. The summed E-state index contributed by atoms with van der Waals surface area (Å²) in [5.41, 5.74) is 2.73. The summed E-state index contributed by atoms with van der Waals surface area (Å²) in [5.74, 6) is 0. The van der Waals surface area contributed by atoms with Gasteiger partial charge in [-0.05, 0) is 0 Å². The van der Waals surface area contributed by atoms with Crippen molar-refractivity contribution in [1.29, 1.82) is 0 Å². The van der Waals surface area contributed by atoms with Gasteiger partial charge >= 0.3 is 120 Å². The number of benzene rings is 2. The predicted molar refractivity (Wildman–Crippen MR) is 76.5 cm³/mol. The van der Waals surface area contributed by atoms with Crippen LogP contribution in [0.5, 0.6) is 0 Å². The minimum absolute atomic E-state index is 0.0305. The molecule has 2 aromatic carbocycles. The summed E-state index contributed by atoms with van der Waals surface area (Å²) < 4.78 is 14.8. The molecule has 6 heteroatoms. The van der Waals surface area contributed by atoms with Crippen molar-refractivity contribution in [2.24, 2.45) is 0 Å². The molecular formula is C14H12N2O3Se. The SMILES string of the molecule is Cc1ccc(N2Cc3cccc([N+](=O)[O-])c3[Se]2=O)cc1. The van der Waals surface area contributed by atoms with Crippen LogP contribution in [0.4, 0.5) is 11.4 Å². The molecule has 1 unspecified atom stereocenters. The van der Waals surface area contributed by atoms with Crippen molar-refractivity contribution in [2.45, 2.75) is 13.5 Å². The van der Waals surface area contributed by atoms with E-state index in [1.54, 1.807) is 9.98 Å². The number of nitro benzene ring substituents is 1. The van der Waals surface area contributed by atoms with Crippen LogP contribution in [0.1, 0.15) is 11.1 Å². The number of hydrogen-bond donors (Lipinski definition) is 0. The standard InChI is InChI=1S/C14H12N2O3Se/c1-10-5-7-12(8-6-10)15-9-11-3-2-4-13(16(17)18)14(11)20(15)19/h2-8H,9H2,1H3. The molecule has 0 bridgehead atoms. The quantitative estimate of drug-likeness (QED) is 0.479. The maximum atomic E-state index is 12.6. The van der Waals surface area contributed by atoms with Crippen LogP contribution in [0, 0.1) is 17.0 Å². The predicted octanol–water partition coefficient (Wildman–Crippen LogP) is 2.05. The van der Waals surface area contributed by atoms with Crippen LogP contribution in [0.2, 0.25) is 0 Å². The fourth-order valence-corrected chi connectivity index (χ4v) is 5.34. The van der Waals surface area contributed by atoms with E-state index in [1.807, 2.05) is 37.3 Å². The molecular weight excluding hydrogens is 323 g/mol. The summed E-state index contributed by atoms with van der Waals surface area (Å²) in [6.45, 7) is 2.45. The van der Waals surface area contributed by atoms with Crippen molar-refractivity contribution in [1.82, 2.24) is 0 Å². The topological polar surface area (TPSA) is 63.4 Å². The molecule has 5 nitrogen and oxygen atoms in total. The van der Waals surface area contributed by atoms with Gasteiger partial charge < -0.3 is 0 Å². The molecule has 0 aliphatic carbocycles. The van der Waals surface area contributed by atoms with Crippen molar-refractivity contribution in [2.75, 3.05) is 3.92 Å². The Hall–Kier alpha value is -2.04. The first-order chi connectivity index (χ1) is 9.58. The Morgan fingerprint density at radius 2 is 1.90 bits per heavy atom. The van der Waals surface area contributed by atoms with Gasteiger partial charge in [-0.3, -0.25) is 0 Å². The summed E-state index contributed by atoms with van der Waals surface area (Å²) >= 11 is -2.61. The van der Waals surface area contributed by atoms with Crippen molar-refractivity contribution in [3.63, 3.8) is 0 Å². The first-order valence-electron chi connectivity index (χ1n) is 6.10. The van der Waals surface area contributed by atoms with Gasteiger partial charge in [-0.1, -0.05) is 0 Å². The first-order valence-corrected chi connectivity index (χ1v) is 8.42. The monoisotopic (exact) mass is 336 g/mol. The van der Waals surface area contributed by atoms with E-state index in [4.69, 9.17) is 0 Å². The summed E-state index contributed by atoms with van der Waals surface area (Å²) in [5, 5.41) is 11.1. The summed E-state index contributed by atoms with van der Waals surface area (Å²) in [7, 11) is 0. The third kappa shape index (κ3) is 2.03. The van der Waals surface area contributed by atoms with E-state index >= 15 is 0 Å². The maximum absolute atomic E-state index is 12.6. The number of aryl methyl sites for hydroxylation is 1. The molecule has 0 radical (unpaired) electrons. The molecule has 1 aliphatic heterocycles. The number of fused-ring (bicyclic) bond motifs is 1. The van der Waals surface area contributed by atoms with Crippen LogP contribution >= 0.6 is 0 Å². The third-order valence-corrected chi connectivity index (χ3v) is 6.56. The van der Waals surface area contributed by atoms with E-state index in [1.165, 1.54) is 6.07 Å². The average molecular weight is 335 g/mol. The molecule has 0 N–H and O–H groups in total. The average Bonchev–Trinajstić information content (AvgIpc) is 2.77. The molecule has 2 aromatic rings. The summed E-state index contributed by atoms with van der Waals surface area (Å²) in [4.78, 5) is 10.6. The molecule has 1 atom stereocenters. The molecule has 0 fully saturated rings. The fraction of sp³-hybridized carbons (Fsp3) is 0.143. The van der Waals surface area contributed by atoms with E-state index < -0.39 is 19.0 Å². The second-order valence-electron chi connectivity index (χ2n) is 4.64. The molecule has 1 aliphatic rings. The number of nitrogens with zero attached hydrogens (tertiary/aromatic N) is 2. The Labute approximate surface area is 120 Å².